The van der Waals surface area contributed by atoms with Gasteiger partial charge in [-0.3, -0.25) is 0 Å². The highest BCUT2D eigenvalue weighted by Crippen LogP contribution is 2.29. The van der Waals surface area contributed by atoms with Gasteiger partial charge < -0.3 is 15.2 Å². The highest BCUT2D eigenvalue weighted by molar-refractivity contribution is 5.30. The number of hydrogen-bond acceptors (Lipinski definition) is 3. The topological polar surface area (TPSA) is 41.5 Å². The maximum absolute atomic E-state index is 10.6. The van der Waals surface area contributed by atoms with Crippen molar-refractivity contribution in [2.24, 2.45) is 0 Å². The van der Waals surface area contributed by atoms with E-state index in [0.29, 0.717) is 6.04 Å². The van der Waals surface area contributed by atoms with E-state index < -0.39 is 5.60 Å². The van der Waals surface area contributed by atoms with Crippen LogP contribution in [0.25, 0.3) is 0 Å². The summed E-state index contributed by atoms with van der Waals surface area (Å²) in [4.78, 5) is 0. The molecule has 2 N–H and O–H groups in total. The molecule has 1 saturated heterocycles. The second kappa shape index (κ2) is 5.72. The van der Waals surface area contributed by atoms with Gasteiger partial charge in [0.1, 0.15) is 5.75 Å². The molecule has 1 heterocycles. The molecule has 2 unspecified atom stereocenters. The zero-order valence-electron chi connectivity index (χ0n) is 11.3. The van der Waals surface area contributed by atoms with Crippen molar-refractivity contribution in [2.45, 2.75) is 44.2 Å². The van der Waals surface area contributed by atoms with E-state index in [-0.39, 0.29) is 0 Å². The molecule has 3 heteroatoms. The molecule has 0 saturated carbocycles. The fourth-order valence-electron chi connectivity index (χ4n) is 2.65. The largest absolute Gasteiger partial charge is 0.497 e. The minimum atomic E-state index is -0.777. The van der Waals surface area contributed by atoms with Gasteiger partial charge in [-0.05, 0) is 50.4 Å². The second-order valence-electron chi connectivity index (χ2n) is 5.35. The van der Waals surface area contributed by atoms with Gasteiger partial charge in [0.05, 0.1) is 12.7 Å². The number of piperidine rings is 1. The summed E-state index contributed by atoms with van der Waals surface area (Å²) in [6.07, 6.45) is 4.43. The van der Waals surface area contributed by atoms with Crippen LogP contribution in [0.5, 0.6) is 5.75 Å². The van der Waals surface area contributed by atoms with Crippen molar-refractivity contribution >= 4 is 0 Å². The molecule has 1 aromatic rings. The molecule has 1 fully saturated rings. The minimum absolute atomic E-state index is 0.427. The number of methoxy groups -OCH3 is 1. The third kappa shape index (κ3) is 3.24. The number of ether oxygens (including phenoxy) is 1. The van der Waals surface area contributed by atoms with E-state index in [9.17, 15) is 5.11 Å². The average Bonchev–Trinajstić information content (AvgIpc) is 2.39. The van der Waals surface area contributed by atoms with Crippen LogP contribution in [0.2, 0.25) is 0 Å². The fraction of sp³-hybridized carbons (Fsp3) is 0.600. The Hall–Kier alpha value is -1.06. The van der Waals surface area contributed by atoms with E-state index in [1.54, 1.807) is 7.11 Å². The molecule has 0 aliphatic carbocycles. The van der Waals surface area contributed by atoms with E-state index in [2.05, 4.69) is 5.32 Å². The summed E-state index contributed by atoms with van der Waals surface area (Å²) in [6.45, 7) is 2.97. The molecular formula is C15H23NO2. The van der Waals surface area contributed by atoms with Crippen molar-refractivity contribution in [3.8, 4) is 5.75 Å². The Balaban J connectivity index is 2.03. The van der Waals surface area contributed by atoms with Crippen LogP contribution in [0.1, 0.15) is 38.2 Å². The number of nitrogens with one attached hydrogen (secondary N) is 1. The standard InChI is InChI=1S/C15H23NO2/c1-15(17,11-13-5-3-4-10-16-13)12-6-8-14(18-2)9-7-12/h6-9,13,16-17H,3-5,10-11H2,1-2H3. The molecule has 0 spiro atoms. The molecule has 1 aromatic carbocycles. The van der Waals surface area contributed by atoms with Crippen LogP contribution >= 0.6 is 0 Å². The Kier molecular flexibility index (Phi) is 4.25. The van der Waals surface area contributed by atoms with Crippen LogP contribution in [0.15, 0.2) is 24.3 Å². The Morgan fingerprint density at radius 1 is 1.33 bits per heavy atom. The summed E-state index contributed by atoms with van der Waals surface area (Å²) in [5, 5.41) is 14.1. The summed E-state index contributed by atoms with van der Waals surface area (Å²) >= 11 is 0. The van der Waals surface area contributed by atoms with Gasteiger partial charge in [0.2, 0.25) is 0 Å². The van der Waals surface area contributed by atoms with E-state index in [0.717, 1.165) is 30.7 Å². The zero-order chi connectivity index (χ0) is 13.0. The third-order valence-corrected chi connectivity index (χ3v) is 3.77. The molecule has 1 aliphatic rings. The first-order valence-electron chi connectivity index (χ1n) is 6.72. The van der Waals surface area contributed by atoms with E-state index in [1.165, 1.54) is 12.8 Å². The van der Waals surface area contributed by atoms with Crippen LogP contribution in [0, 0.1) is 0 Å². The Labute approximate surface area is 109 Å². The van der Waals surface area contributed by atoms with Gasteiger partial charge in [-0.25, -0.2) is 0 Å². The van der Waals surface area contributed by atoms with Crippen molar-refractivity contribution in [1.29, 1.82) is 0 Å². The quantitative estimate of drug-likeness (QED) is 0.861. The van der Waals surface area contributed by atoms with Crippen molar-refractivity contribution in [3.05, 3.63) is 29.8 Å². The monoisotopic (exact) mass is 249 g/mol. The van der Waals surface area contributed by atoms with Gasteiger partial charge in [-0.2, -0.15) is 0 Å². The molecule has 0 bridgehead atoms. The maximum Gasteiger partial charge on any atom is 0.118 e. The molecule has 100 valence electrons. The lowest BCUT2D eigenvalue weighted by atomic mass is 9.86. The number of aliphatic hydroxyl groups is 1. The van der Waals surface area contributed by atoms with E-state index >= 15 is 0 Å². The molecule has 2 rings (SSSR count). The Morgan fingerprint density at radius 3 is 2.61 bits per heavy atom. The van der Waals surface area contributed by atoms with Gasteiger partial charge in [-0.15, -0.1) is 0 Å². The minimum Gasteiger partial charge on any atom is -0.497 e. The van der Waals surface area contributed by atoms with Crippen LogP contribution < -0.4 is 10.1 Å². The summed E-state index contributed by atoms with van der Waals surface area (Å²) < 4.78 is 5.14. The predicted molar refractivity (Wildman–Crippen MR) is 72.8 cm³/mol. The normalized spacial score (nSPS) is 23.4. The van der Waals surface area contributed by atoms with Gasteiger partial charge in [0, 0.05) is 6.04 Å². The number of rotatable bonds is 4. The molecule has 0 radical (unpaired) electrons. The summed E-state index contributed by atoms with van der Waals surface area (Å²) in [6, 6.07) is 8.12. The first-order valence-corrected chi connectivity index (χ1v) is 6.72. The van der Waals surface area contributed by atoms with Gasteiger partial charge in [0.15, 0.2) is 0 Å². The van der Waals surface area contributed by atoms with Crippen LogP contribution in [0.3, 0.4) is 0 Å². The highest BCUT2D eigenvalue weighted by atomic mass is 16.5. The SMILES string of the molecule is COc1ccc(C(C)(O)CC2CCCCN2)cc1. The summed E-state index contributed by atoms with van der Waals surface area (Å²) in [5.41, 5.74) is 0.178. The molecule has 3 nitrogen and oxygen atoms in total. The van der Waals surface area contributed by atoms with E-state index in [4.69, 9.17) is 4.74 Å². The molecule has 0 aromatic heterocycles. The van der Waals surface area contributed by atoms with Crippen LogP contribution in [-0.4, -0.2) is 24.8 Å². The van der Waals surface area contributed by atoms with Gasteiger partial charge in [-0.1, -0.05) is 18.6 Å². The molecule has 18 heavy (non-hydrogen) atoms. The Morgan fingerprint density at radius 2 is 2.06 bits per heavy atom. The molecule has 2 atom stereocenters. The van der Waals surface area contributed by atoms with E-state index in [1.807, 2.05) is 31.2 Å². The lowest BCUT2D eigenvalue weighted by Crippen LogP contribution is -2.39. The lowest BCUT2D eigenvalue weighted by molar-refractivity contribution is 0.0332. The second-order valence-corrected chi connectivity index (χ2v) is 5.35. The number of benzene rings is 1. The van der Waals surface area contributed by atoms with Crippen molar-refractivity contribution in [2.75, 3.05) is 13.7 Å². The van der Waals surface area contributed by atoms with Crippen molar-refractivity contribution in [3.63, 3.8) is 0 Å². The maximum atomic E-state index is 10.6. The van der Waals surface area contributed by atoms with Crippen LogP contribution in [-0.2, 0) is 5.60 Å². The third-order valence-electron chi connectivity index (χ3n) is 3.77. The smallest absolute Gasteiger partial charge is 0.118 e. The molecule has 0 amide bonds. The van der Waals surface area contributed by atoms with Crippen LogP contribution in [0.4, 0.5) is 0 Å². The Bertz CT molecular complexity index is 367. The lowest BCUT2D eigenvalue weighted by Gasteiger charge is -2.32. The first-order chi connectivity index (χ1) is 8.62. The highest BCUT2D eigenvalue weighted by Gasteiger charge is 2.28. The molecule has 1 aliphatic heterocycles. The van der Waals surface area contributed by atoms with Crippen molar-refractivity contribution in [1.82, 2.24) is 5.32 Å². The fourth-order valence-corrected chi connectivity index (χ4v) is 2.65. The number of hydrogen-bond donors (Lipinski definition) is 2. The summed E-state index contributed by atoms with van der Waals surface area (Å²) in [5.74, 6) is 0.824. The summed E-state index contributed by atoms with van der Waals surface area (Å²) in [7, 11) is 1.65. The van der Waals surface area contributed by atoms with Crippen molar-refractivity contribution < 1.29 is 9.84 Å². The predicted octanol–water partition coefficient (Wildman–Crippen LogP) is 2.43. The van der Waals surface area contributed by atoms with Gasteiger partial charge >= 0.3 is 0 Å². The van der Waals surface area contributed by atoms with Gasteiger partial charge in [0.25, 0.3) is 0 Å². The zero-order valence-corrected chi connectivity index (χ0v) is 11.3. The average molecular weight is 249 g/mol. The first kappa shape index (κ1) is 13.4. The molecular weight excluding hydrogens is 226 g/mol.